The highest BCUT2D eigenvalue weighted by Crippen LogP contribution is 2.14. The molecule has 1 unspecified atom stereocenters. The van der Waals surface area contributed by atoms with E-state index in [0.29, 0.717) is 13.2 Å². The van der Waals surface area contributed by atoms with Gasteiger partial charge in [-0.1, -0.05) is 0 Å². The third-order valence-corrected chi connectivity index (χ3v) is 2.35. The topological polar surface area (TPSA) is 30.5 Å². The molecule has 1 N–H and O–H groups in total. The molecule has 6 heteroatoms. The van der Waals surface area contributed by atoms with Crippen molar-refractivity contribution in [1.82, 2.24) is 5.32 Å². The first-order chi connectivity index (χ1) is 7.47. The third kappa shape index (κ3) is 6.30. The van der Waals surface area contributed by atoms with E-state index in [1.54, 1.807) is 6.92 Å². The van der Waals surface area contributed by atoms with Gasteiger partial charge in [0.1, 0.15) is 0 Å². The van der Waals surface area contributed by atoms with Crippen LogP contribution in [0.5, 0.6) is 0 Å². The molecule has 0 spiro atoms. The van der Waals surface area contributed by atoms with E-state index in [4.69, 9.17) is 9.47 Å². The van der Waals surface area contributed by atoms with Crippen LogP contribution in [0.15, 0.2) is 0 Å². The van der Waals surface area contributed by atoms with Crippen LogP contribution >= 0.6 is 0 Å². The molecule has 96 valence electrons. The van der Waals surface area contributed by atoms with E-state index in [2.05, 4.69) is 5.32 Å². The average Bonchev–Trinajstić information content (AvgIpc) is 2.17. The van der Waals surface area contributed by atoms with Crippen molar-refractivity contribution < 1.29 is 22.6 Å². The third-order valence-electron chi connectivity index (χ3n) is 2.35. The Morgan fingerprint density at radius 2 is 2.00 bits per heavy atom. The second-order valence-electron chi connectivity index (χ2n) is 4.00. The smallest absolute Gasteiger partial charge is 0.381 e. The summed E-state index contributed by atoms with van der Waals surface area (Å²) in [6.45, 7) is 2.38. The van der Waals surface area contributed by atoms with Crippen LogP contribution in [0.4, 0.5) is 13.2 Å². The van der Waals surface area contributed by atoms with Gasteiger partial charge in [0.25, 0.3) is 0 Å². The van der Waals surface area contributed by atoms with Gasteiger partial charge in [-0.15, -0.1) is 0 Å². The van der Waals surface area contributed by atoms with Gasteiger partial charge in [-0.05, 0) is 19.8 Å². The summed E-state index contributed by atoms with van der Waals surface area (Å²) < 4.78 is 46.3. The minimum absolute atomic E-state index is 0.122. The fourth-order valence-electron chi connectivity index (χ4n) is 1.61. The van der Waals surface area contributed by atoms with Crippen molar-refractivity contribution in [2.45, 2.75) is 38.1 Å². The predicted molar refractivity (Wildman–Crippen MR) is 53.3 cm³/mol. The highest BCUT2D eigenvalue weighted by Gasteiger charge is 2.26. The summed E-state index contributed by atoms with van der Waals surface area (Å²) >= 11 is 0. The van der Waals surface area contributed by atoms with Gasteiger partial charge in [0.2, 0.25) is 0 Å². The molecule has 0 amide bonds. The fourth-order valence-corrected chi connectivity index (χ4v) is 1.61. The van der Waals surface area contributed by atoms with Gasteiger partial charge in [0, 0.05) is 19.8 Å². The van der Waals surface area contributed by atoms with Gasteiger partial charge < -0.3 is 14.8 Å². The first-order valence-corrected chi connectivity index (χ1v) is 5.48. The SMILES string of the molecule is CC(CNCC(F)(F)F)OC1CCOCC1. The van der Waals surface area contributed by atoms with Gasteiger partial charge >= 0.3 is 6.18 Å². The molecule has 3 nitrogen and oxygen atoms in total. The molecule has 16 heavy (non-hydrogen) atoms. The van der Waals surface area contributed by atoms with E-state index in [-0.39, 0.29) is 18.8 Å². The van der Waals surface area contributed by atoms with Crippen LogP contribution < -0.4 is 5.32 Å². The zero-order valence-corrected chi connectivity index (χ0v) is 9.35. The molecule has 0 aliphatic carbocycles. The van der Waals surface area contributed by atoms with Crippen molar-refractivity contribution in [3.63, 3.8) is 0 Å². The molecule has 1 rings (SSSR count). The van der Waals surface area contributed by atoms with Crippen LogP contribution in [0.2, 0.25) is 0 Å². The number of ether oxygens (including phenoxy) is 2. The number of nitrogens with one attached hydrogen (secondary N) is 1. The van der Waals surface area contributed by atoms with Gasteiger partial charge in [-0.25, -0.2) is 0 Å². The molecule has 1 atom stereocenters. The van der Waals surface area contributed by atoms with E-state index in [1.807, 2.05) is 0 Å². The second-order valence-corrected chi connectivity index (χ2v) is 4.00. The first kappa shape index (κ1) is 13.7. The highest BCUT2D eigenvalue weighted by molar-refractivity contribution is 4.66. The molecule has 0 saturated carbocycles. The Morgan fingerprint density at radius 1 is 1.38 bits per heavy atom. The lowest BCUT2D eigenvalue weighted by Gasteiger charge is -2.26. The lowest BCUT2D eigenvalue weighted by molar-refractivity contribution is -0.126. The molecule has 0 aromatic heterocycles. The van der Waals surface area contributed by atoms with Gasteiger partial charge in [-0.2, -0.15) is 13.2 Å². The summed E-state index contributed by atoms with van der Waals surface area (Å²) in [7, 11) is 0. The van der Waals surface area contributed by atoms with Crippen LogP contribution in [0.25, 0.3) is 0 Å². The predicted octanol–water partition coefficient (Wildman–Crippen LogP) is 1.72. The van der Waals surface area contributed by atoms with Crippen LogP contribution in [-0.2, 0) is 9.47 Å². The summed E-state index contributed by atoms with van der Waals surface area (Å²) in [6, 6.07) is 0. The molecule has 0 radical (unpaired) electrons. The van der Waals surface area contributed by atoms with Crippen molar-refractivity contribution in [2.75, 3.05) is 26.3 Å². The van der Waals surface area contributed by atoms with Crippen molar-refractivity contribution in [2.24, 2.45) is 0 Å². The zero-order valence-electron chi connectivity index (χ0n) is 9.35. The largest absolute Gasteiger partial charge is 0.401 e. The molecule has 1 aliphatic rings. The molecule has 0 aromatic carbocycles. The Balaban J connectivity index is 2.08. The zero-order chi connectivity index (χ0) is 12.0. The summed E-state index contributed by atoms with van der Waals surface area (Å²) in [4.78, 5) is 0. The molecule has 1 heterocycles. The van der Waals surface area contributed by atoms with Gasteiger partial charge in [0.15, 0.2) is 0 Å². The van der Waals surface area contributed by atoms with Gasteiger partial charge in [-0.3, -0.25) is 0 Å². The summed E-state index contributed by atoms with van der Waals surface area (Å²) in [6.07, 6.45) is -2.59. The Hall–Kier alpha value is -0.330. The fraction of sp³-hybridized carbons (Fsp3) is 1.00. The van der Waals surface area contributed by atoms with Crippen LogP contribution in [-0.4, -0.2) is 44.7 Å². The standard InChI is InChI=1S/C10H18F3NO2/c1-8(6-14-7-10(11,12)13)16-9-2-4-15-5-3-9/h8-9,14H,2-7H2,1H3. The second kappa shape index (κ2) is 6.42. The van der Waals surface area contributed by atoms with Crippen molar-refractivity contribution in [3.8, 4) is 0 Å². The highest BCUT2D eigenvalue weighted by atomic mass is 19.4. The Labute approximate surface area is 93.3 Å². The van der Waals surface area contributed by atoms with E-state index in [1.165, 1.54) is 0 Å². The molecule has 1 saturated heterocycles. The molecular formula is C10H18F3NO2. The maximum Gasteiger partial charge on any atom is 0.401 e. The van der Waals surface area contributed by atoms with Crippen molar-refractivity contribution in [3.05, 3.63) is 0 Å². The Morgan fingerprint density at radius 3 is 2.56 bits per heavy atom. The molecular weight excluding hydrogens is 223 g/mol. The van der Waals surface area contributed by atoms with E-state index >= 15 is 0 Å². The molecule has 1 aliphatic heterocycles. The summed E-state index contributed by atoms with van der Waals surface area (Å²) in [5.41, 5.74) is 0. The number of halogens is 3. The number of hydrogen-bond donors (Lipinski definition) is 1. The normalized spacial score (nSPS) is 21.0. The van der Waals surface area contributed by atoms with Crippen molar-refractivity contribution in [1.29, 1.82) is 0 Å². The quantitative estimate of drug-likeness (QED) is 0.795. The number of hydrogen-bond acceptors (Lipinski definition) is 3. The first-order valence-electron chi connectivity index (χ1n) is 5.48. The average molecular weight is 241 g/mol. The number of rotatable bonds is 5. The van der Waals surface area contributed by atoms with E-state index < -0.39 is 12.7 Å². The molecule has 1 fully saturated rings. The van der Waals surface area contributed by atoms with Crippen LogP contribution in [0.3, 0.4) is 0 Å². The van der Waals surface area contributed by atoms with Crippen molar-refractivity contribution >= 4 is 0 Å². The maximum absolute atomic E-state index is 11.8. The minimum atomic E-state index is -4.15. The van der Waals surface area contributed by atoms with Gasteiger partial charge in [0.05, 0.1) is 18.8 Å². The Bertz CT molecular complexity index is 193. The Kier molecular flexibility index (Phi) is 5.51. The number of alkyl halides is 3. The lowest BCUT2D eigenvalue weighted by atomic mass is 10.1. The van der Waals surface area contributed by atoms with Crippen LogP contribution in [0.1, 0.15) is 19.8 Å². The monoisotopic (exact) mass is 241 g/mol. The summed E-state index contributed by atoms with van der Waals surface area (Å²) in [5.74, 6) is 0. The molecule has 0 aromatic rings. The minimum Gasteiger partial charge on any atom is -0.381 e. The van der Waals surface area contributed by atoms with E-state index in [0.717, 1.165) is 12.8 Å². The van der Waals surface area contributed by atoms with Crippen LogP contribution in [0, 0.1) is 0 Å². The lowest BCUT2D eigenvalue weighted by Crippen LogP contribution is -2.37. The summed E-state index contributed by atoms with van der Waals surface area (Å²) in [5, 5.41) is 2.33. The van der Waals surface area contributed by atoms with E-state index in [9.17, 15) is 13.2 Å². The maximum atomic E-state index is 11.8. The molecule has 0 bridgehead atoms.